The number of nitrogens with zero attached hydrogens (tertiary/aromatic N) is 3. The average Bonchev–Trinajstić information content (AvgIpc) is 2.69. The lowest BCUT2D eigenvalue weighted by Crippen LogP contribution is -2.57. The first-order valence-electron chi connectivity index (χ1n) is 10.2. The van der Waals surface area contributed by atoms with Crippen molar-refractivity contribution in [1.82, 2.24) is 14.7 Å². The third kappa shape index (κ3) is 4.03. The van der Waals surface area contributed by atoms with Crippen LogP contribution in [0.4, 0.5) is 4.39 Å². The largest absolute Gasteiger partial charge is 0.375 e. The number of carbonyl (C=O) groups excluding carboxylic acids is 1. The molecule has 4 rings (SSSR count). The van der Waals surface area contributed by atoms with Crippen LogP contribution in [0, 0.1) is 5.82 Å². The van der Waals surface area contributed by atoms with Gasteiger partial charge in [-0.25, -0.2) is 4.39 Å². The van der Waals surface area contributed by atoms with Crippen molar-refractivity contribution in [3.63, 3.8) is 0 Å². The first-order valence-corrected chi connectivity index (χ1v) is 10.2. The van der Waals surface area contributed by atoms with E-state index in [1.807, 2.05) is 0 Å². The number of hydrogen-bond donors (Lipinski definition) is 0. The van der Waals surface area contributed by atoms with Crippen molar-refractivity contribution < 1.29 is 13.9 Å². The summed E-state index contributed by atoms with van der Waals surface area (Å²) in [4.78, 5) is 19.5. The molecule has 0 saturated carbocycles. The zero-order chi connectivity index (χ0) is 18.9. The SMILES string of the molecule is CN1CCN(C2CCOC3(CCN(C(=O)c4ccccc4F)CC3)C2)CC1. The Bertz CT molecular complexity index is 667. The van der Waals surface area contributed by atoms with Gasteiger partial charge in [-0.3, -0.25) is 9.69 Å². The highest BCUT2D eigenvalue weighted by Gasteiger charge is 2.43. The number of hydrogen-bond acceptors (Lipinski definition) is 4. The maximum absolute atomic E-state index is 13.9. The normalized spacial score (nSPS) is 27.0. The van der Waals surface area contributed by atoms with Crippen LogP contribution >= 0.6 is 0 Å². The summed E-state index contributed by atoms with van der Waals surface area (Å²) in [6.07, 6.45) is 3.84. The second-order valence-corrected chi connectivity index (χ2v) is 8.29. The number of likely N-dealkylation sites (tertiary alicyclic amines) is 1. The Morgan fingerprint density at radius 2 is 1.81 bits per heavy atom. The predicted octanol–water partition coefficient (Wildman–Crippen LogP) is 2.23. The first-order chi connectivity index (χ1) is 13.1. The first kappa shape index (κ1) is 18.8. The van der Waals surface area contributed by atoms with Crippen LogP contribution < -0.4 is 0 Å². The van der Waals surface area contributed by atoms with E-state index >= 15 is 0 Å². The van der Waals surface area contributed by atoms with E-state index < -0.39 is 5.82 Å². The Hall–Kier alpha value is -1.50. The number of likely N-dealkylation sites (N-methyl/N-ethyl adjacent to an activating group) is 1. The average molecular weight is 375 g/mol. The maximum Gasteiger partial charge on any atom is 0.256 e. The van der Waals surface area contributed by atoms with Crippen molar-refractivity contribution in [3.05, 3.63) is 35.6 Å². The van der Waals surface area contributed by atoms with E-state index in [1.165, 1.54) is 6.07 Å². The van der Waals surface area contributed by atoms with Crippen LogP contribution in [0.2, 0.25) is 0 Å². The van der Waals surface area contributed by atoms with Gasteiger partial charge in [-0.2, -0.15) is 0 Å². The standard InChI is InChI=1S/C21H30FN3O2/c1-23-11-13-24(14-12-23)17-6-15-27-21(16-17)7-9-25(10-8-21)20(26)18-4-2-3-5-19(18)22/h2-5,17H,6-16H2,1H3. The minimum Gasteiger partial charge on any atom is -0.375 e. The molecule has 5 nitrogen and oxygen atoms in total. The van der Waals surface area contributed by atoms with Crippen molar-refractivity contribution in [2.75, 3.05) is 52.9 Å². The topological polar surface area (TPSA) is 36.0 Å². The molecular formula is C21H30FN3O2. The van der Waals surface area contributed by atoms with Crippen LogP contribution in [0.3, 0.4) is 0 Å². The van der Waals surface area contributed by atoms with Crippen molar-refractivity contribution >= 4 is 5.91 Å². The smallest absolute Gasteiger partial charge is 0.256 e. The third-order valence-corrected chi connectivity index (χ3v) is 6.59. The van der Waals surface area contributed by atoms with Crippen LogP contribution in [-0.2, 0) is 4.74 Å². The quantitative estimate of drug-likeness (QED) is 0.794. The summed E-state index contributed by atoms with van der Waals surface area (Å²) < 4.78 is 20.2. The fraction of sp³-hybridized carbons (Fsp3) is 0.667. The lowest BCUT2D eigenvalue weighted by atomic mass is 9.81. The van der Waals surface area contributed by atoms with E-state index in [0.717, 1.165) is 58.5 Å². The molecule has 0 radical (unpaired) electrons. The molecule has 1 atom stereocenters. The molecule has 3 heterocycles. The lowest BCUT2D eigenvalue weighted by molar-refractivity contribution is -0.132. The number of rotatable bonds is 2. The molecular weight excluding hydrogens is 345 g/mol. The molecule has 0 aromatic heterocycles. The van der Waals surface area contributed by atoms with E-state index in [0.29, 0.717) is 19.1 Å². The maximum atomic E-state index is 13.9. The molecule has 0 bridgehead atoms. The van der Waals surface area contributed by atoms with Gasteiger partial charge in [0.05, 0.1) is 11.2 Å². The summed E-state index contributed by atoms with van der Waals surface area (Å²) >= 11 is 0. The van der Waals surface area contributed by atoms with Gasteiger partial charge in [-0.15, -0.1) is 0 Å². The van der Waals surface area contributed by atoms with Gasteiger partial charge in [0.2, 0.25) is 0 Å². The fourth-order valence-corrected chi connectivity index (χ4v) is 4.77. The number of piperazine rings is 1. The van der Waals surface area contributed by atoms with Crippen LogP contribution in [0.25, 0.3) is 0 Å². The number of amides is 1. The molecule has 1 unspecified atom stereocenters. The molecule has 1 amide bonds. The summed E-state index contributed by atoms with van der Waals surface area (Å²) in [5, 5.41) is 0. The van der Waals surface area contributed by atoms with Gasteiger partial charge < -0.3 is 14.5 Å². The highest BCUT2D eigenvalue weighted by molar-refractivity contribution is 5.94. The lowest BCUT2D eigenvalue weighted by Gasteiger charge is -2.49. The number of ether oxygens (including phenoxy) is 1. The molecule has 6 heteroatoms. The van der Waals surface area contributed by atoms with Crippen LogP contribution in [0.15, 0.2) is 24.3 Å². The predicted molar refractivity (Wildman–Crippen MR) is 102 cm³/mol. The molecule has 148 valence electrons. The number of piperidine rings is 1. The summed E-state index contributed by atoms with van der Waals surface area (Å²) in [7, 11) is 2.19. The Balaban J connectivity index is 1.36. The highest BCUT2D eigenvalue weighted by Crippen LogP contribution is 2.37. The van der Waals surface area contributed by atoms with Gasteiger partial charge in [0.1, 0.15) is 5.82 Å². The molecule has 0 N–H and O–H groups in total. The second kappa shape index (κ2) is 7.86. The minimum atomic E-state index is -0.438. The van der Waals surface area contributed by atoms with Gasteiger partial charge in [0.15, 0.2) is 0 Å². The van der Waals surface area contributed by atoms with E-state index in [-0.39, 0.29) is 17.1 Å². The van der Waals surface area contributed by atoms with Crippen molar-refractivity contribution in [2.45, 2.75) is 37.3 Å². The number of carbonyl (C=O) groups is 1. The summed E-state index contributed by atoms with van der Waals surface area (Å²) in [5.74, 6) is -0.638. The summed E-state index contributed by atoms with van der Waals surface area (Å²) in [5.41, 5.74) is 0.0616. The van der Waals surface area contributed by atoms with Gasteiger partial charge >= 0.3 is 0 Å². The fourth-order valence-electron chi connectivity index (χ4n) is 4.77. The van der Waals surface area contributed by atoms with E-state index in [1.54, 1.807) is 23.1 Å². The molecule has 1 aromatic rings. The van der Waals surface area contributed by atoms with E-state index in [9.17, 15) is 9.18 Å². The van der Waals surface area contributed by atoms with Gasteiger partial charge in [-0.05, 0) is 44.9 Å². The number of benzene rings is 1. The molecule has 1 spiro atoms. The Morgan fingerprint density at radius 3 is 2.52 bits per heavy atom. The van der Waals surface area contributed by atoms with Crippen molar-refractivity contribution in [2.24, 2.45) is 0 Å². The Kier molecular flexibility index (Phi) is 5.48. The summed E-state index contributed by atoms with van der Waals surface area (Å²) in [6, 6.07) is 6.84. The number of halogens is 1. The van der Waals surface area contributed by atoms with Gasteiger partial charge in [-0.1, -0.05) is 12.1 Å². The zero-order valence-electron chi connectivity index (χ0n) is 16.2. The zero-order valence-corrected chi connectivity index (χ0v) is 16.2. The molecule has 1 aromatic carbocycles. The second-order valence-electron chi connectivity index (χ2n) is 8.29. The van der Waals surface area contributed by atoms with E-state index in [2.05, 4.69) is 16.8 Å². The summed E-state index contributed by atoms with van der Waals surface area (Å²) in [6.45, 7) is 6.62. The minimum absolute atomic E-state index is 0.113. The van der Waals surface area contributed by atoms with Gasteiger partial charge in [0.25, 0.3) is 5.91 Å². The van der Waals surface area contributed by atoms with E-state index in [4.69, 9.17) is 4.74 Å². The van der Waals surface area contributed by atoms with Crippen molar-refractivity contribution in [3.8, 4) is 0 Å². The molecule has 3 fully saturated rings. The molecule has 27 heavy (non-hydrogen) atoms. The van der Waals surface area contributed by atoms with Gasteiger partial charge in [0, 0.05) is 51.9 Å². The third-order valence-electron chi connectivity index (χ3n) is 6.59. The molecule has 3 aliphatic rings. The van der Waals surface area contributed by atoms with Crippen LogP contribution in [0.1, 0.15) is 36.0 Å². The molecule has 0 aliphatic carbocycles. The van der Waals surface area contributed by atoms with Crippen LogP contribution in [-0.4, -0.2) is 85.2 Å². The monoisotopic (exact) mass is 375 g/mol. The molecule has 3 aliphatic heterocycles. The molecule has 3 saturated heterocycles. The Labute approximate surface area is 161 Å². The van der Waals surface area contributed by atoms with Crippen LogP contribution in [0.5, 0.6) is 0 Å². The highest BCUT2D eigenvalue weighted by atomic mass is 19.1. The van der Waals surface area contributed by atoms with Crippen molar-refractivity contribution in [1.29, 1.82) is 0 Å². The Morgan fingerprint density at radius 1 is 1.11 bits per heavy atom.